The lowest BCUT2D eigenvalue weighted by Crippen LogP contribution is -2.26. The fourth-order valence-electron chi connectivity index (χ4n) is 2.22. The van der Waals surface area contributed by atoms with Gasteiger partial charge in [-0.2, -0.15) is 4.98 Å². The Hall–Kier alpha value is -1.27. The summed E-state index contributed by atoms with van der Waals surface area (Å²) in [4.78, 5) is 16.2. The Labute approximate surface area is 118 Å². The monoisotopic (exact) mass is 282 g/mol. The Balaban J connectivity index is 2.20. The molecule has 2 heterocycles. The summed E-state index contributed by atoms with van der Waals surface area (Å²) in [6.45, 7) is 9.44. The average molecular weight is 282 g/mol. The molecule has 0 aliphatic carbocycles. The van der Waals surface area contributed by atoms with E-state index in [9.17, 15) is 4.79 Å². The SMILES string of the molecule is CCOC(c1noc(C2COCCC2=O)n1)C(C)(C)C. The van der Waals surface area contributed by atoms with E-state index in [1.807, 2.05) is 6.92 Å². The van der Waals surface area contributed by atoms with Crippen LogP contribution in [0.25, 0.3) is 0 Å². The maximum Gasteiger partial charge on any atom is 0.239 e. The minimum absolute atomic E-state index is 0.0927. The zero-order chi connectivity index (χ0) is 14.8. The van der Waals surface area contributed by atoms with Crippen LogP contribution in [-0.4, -0.2) is 35.7 Å². The van der Waals surface area contributed by atoms with Crippen LogP contribution in [-0.2, 0) is 14.3 Å². The molecule has 112 valence electrons. The first-order valence-electron chi connectivity index (χ1n) is 6.99. The molecule has 0 bridgehead atoms. The molecule has 0 saturated carbocycles. The maximum atomic E-state index is 11.9. The predicted molar refractivity (Wildman–Crippen MR) is 71.3 cm³/mol. The van der Waals surface area contributed by atoms with Gasteiger partial charge in [0.1, 0.15) is 17.8 Å². The van der Waals surface area contributed by atoms with Crippen molar-refractivity contribution in [1.82, 2.24) is 10.1 Å². The van der Waals surface area contributed by atoms with E-state index in [2.05, 4.69) is 30.9 Å². The molecule has 1 fully saturated rings. The fourth-order valence-corrected chi connectivity index (χ4v) is 2.22. The summed E-state index contributed by atoms with van der Waals surface area (Å²) < 4.78 is 16.3. The standard InChI is InChI=1S/C14H22N2O4/c1-5-19-11(14(2,3)4)12-15-13(20-16-12)9-8-18-7-6-10(9)17/h9,11H,5-8H2,1-4H3. The van der Waals surface area contributed by atoms with Crippen molar-refractivity contribution >= 4 is 5.78 Å². The van der Waals surface area contributed by atoms with Crippen LogP contribution in [0.2, 0.25) is 0 Å². The van der Waals surface area contributed by atoms with Gasteiger partial charge in [-0.1, -0.05) is 25.9 Å². The van der Waals surface area contributed by atoms with Crippen LogP contribution in [0.5, 0.6) is 0 Å². The largest absolute Gasteiger partial charge is 0.380 e. The van der Waals surface area contributed by atoms with Crippen molar-refractivity contribution in [2.24, 2.45) is 5.41 Å². The van der Waals surface area contributed by atoms with Gasteiger partial charge in [0.2, 0.25) is 11.7 Å². The van der Waals surface area contributed by atoms with Crippen molar-refractivity contribution in [2.75, 3.05) is 19.8 Å². The van der Waals surface area contributed by atoms with Crippen LogP contribution in [0.15, 0.2) is 4.52 Å². The van der Waals surface area contributed by atoms with Crippen LogP contribution in [0, 0.1) is 5.41 Å². The molecule has 0 amide bonds. The van der Waals surface area contributed by atoms with Gasteiger partial charge in [0.05, 0.1) is 13.2 Å². The topological polar surface area (TPSA) is 74.5 Å². The number of hydrogen-bond acceptors (Lipinski definition) is 6. The molecule has 2 unspecified atom stereocenters. The third-order valence-electron chi connectivity index (χ3n) is 3.28. The molecule has 1 saturated heterocycles. The van der Waals surface area contributed by atoms with Gasteiger partial charge >= 0.3 is 0 Å². The number of ether oxygens (including phenoxy) is 2. The highest BCUT2D eigenvalue weighted by Gasteiger charge is 2.34. The molecular weight excluding hydrogens is 260 g/mol. The summed E-state index contributed by atoms with van der Waals surface area (Å²) in [6.07, 6.45) is 0.140. The second kappa shape index (κ2) is 6.01. The highest BCUT2D eigenvalue weighted by Crippen LogP contribution is 2.35. The third kappa shape index (κ3) is 3.24. The molecule has 1 aromatic rings. The molecule has 1 aliphatic rings. The van der Waals surface area contributed by atoms with Crippen LogP contribution in [0.3, 0.4) is 0 Å². The van der Waals surface area contributed by atoms with E-state index < -0.39 is 5.92 Å². The number of nitrogens with zero attached hydrogens (tertiary/aromatic N) is 2. The molecule has 1 aliphatic heterocycles. The van der Waals surface area contributed by atoms with Gasteiger partial charge < -0.3 is 14.0 Å². The molecule has 0 radical (unpaired) electrons. The van der Waals surface area contributed by atoms with E-state index in [0.29, 0.717) is 38.0 Å². The Bertz CT molecular complexity index is 464. The normalized spacial score (nSPS) is 22.0. The van der Waals surface area contributed by atoms with Gasteiger partial charge in [-0.05, 0) is 12.3 Å². The Morgan fingerprint density at radius 2 is 2.20 bits per heavy atom. The van der Waals surface area contributed by atoms with E-state index >= 15 is 0 Å². The molecular formula is C14H22N2O4. The number of hydrogen-bond donors (Lipinski definition) is 0. The number of rotatable bonds is 4. The number of carbonyl (C=O) groups is 1. The maximum absolute atomic E-state index is 11.9. The average Bonchev–Trinajstić information content (AvgIpc) is 2.84. The third-order valence-corrected chi connectivity index (χ3v) is 3.28. The molecule has 2 rings (SSSR count). The van der Waals surface area contributed by atoms with Gasteiger partial charge in [0.25, 0.3) is 0 Å². The summed E-state index contributed by atoms with van der Waals surface area (Å²) in [7, 11) is 0. The molecule has 2 atom stereocenters. The van der Waals surface area contributed by atoms with E-state index in [4.69, 9.17) is 14.0 Å². The quantitative estimate of drug-likeness (QED) is 0.843. The molecule has 20 heavy (non-hydrogen) atoms. The highest BCUT2D eigenvalue weighted by atomic mass is 16.5. The van der Waals surface area contributed by atoms with Crippen LogP contribution in [0.4, 0.5) is 0 Å². The molecule has 0 N–H and O–H groups in total. The smallest absolute Gasteiger partial charge is 0.239 e. The summed E-state index contributed by atoms with van der Waals surface area (Å²) >= 11 is 0. The molecule has 0 spiro atoms. The van der Waals surface area contributed by atoms with Gasteiger partial charge in [-0.25, -0.2) is 0 Å². The first-order chi connectivity index (χ1) is 9.43. The van der Waals surface area contributed by atoms with E-state index in [1.165, 1.54) is 0 Å². The summed E-state index contributed by atoms with van der Waals surface area (Å²) in [5.41, 5.74) is -0.149. The zero-order valence-electron chi connectivity index (χ0n) is 12.5. The van der Waals surface area contributed by atoms with Crippen molar-refractivity contribution in [3.8, 4) is 0 Å². The van der Waals surface area contributed by atoms with Crippen LogP contribution < -0.4 is 0 Å². The lowest BCUT2D eigenvalue weighted by Gasteiger charge is -2.27. The first kappa shape index (κ1) is 15.1. The van der Waals surface area contributed by atoms with Crippen LogP contribution >= 0.6 is 0 Å². The van der Waals surface area contributed by atoms with Crippen molar-refractivity contribution in [2.45, 2.75) is 46.1 Å². The van der Waals surface area contributed by atoms with E-state index in [0.717, 1.165) is 0 Å². The Kier molecular flexibility index (Phi) is 4.55. The number of aromatic nitrogens is 2. The molecule has 6 heteroatoms. The molecule has 1 aromatic heterocycles. The Morgan fingerprint density at radius 3 is 2.80 bits per heavy atom. The Morgan fingerprint density at radius 1 is 1.45 bits per heavy atom. The van der Waals surface area contributed by atoms with E-state index in [-0.39, 0.29) is 17.3 Å². The highest BCUT2D eigenvalue weighted by molar-refractivity contribution is 5.85. The minimum atomic E-state index is -0.438. The second-order valence-corrected chi connectivity index (χ2v) is 6.04. The van der Waals surface area contributed by atoms with Crippen molar-refractivity contribution in [3.05, 3.63) is 11.7 Å². The fraction of sp³-hybridized carbons (Fsp3) is 0.786. The number of ketones is 1. The van der Waals surface area contributed by atoms with Gasteiger partial charge in [0, 0.05) is 13.0 Å². The summed E-state index contributed by atoms with van der Waals surface area (Å²) in [5, 5.41) is 3.99. The number of carbonyl (C=O) groups excluding carboxylic acids is 1. The predicted octanol–water partition coefficient (Wildman–Crippen LogP) is 2.27. The summed E-state index contributed by atoms with van der Waals surface area (Å²) in [6, 6.07) is 0. The van der Waals surface area contributed by atoms with Gasteiger partial charge in [-0.15, -0.1) is 0 Å². The van der Waals surface area contributed by atoms with Crippen LogP contribution in [0.1, 0.15) is 57.9 Å². The zero-order valence-corrected chi connectivity index (χ0v) is 12.5. The van der Waals surface area contributed by atoms with Crippen molar-refractivity contribution in [3.63, 3.8) is 0 Å². The first-order valence-corrected chi connectivity index (χ1v) is 6.99. The van der Waals surface area contributed by atoms with Gasteiger partial charge in [-0.3, -0.25) is 4.79 Å². The lowest BCUT2D eigenvalue weighted by atomic mass is 9.88. The number of Topliss-reactive ketones (excluding diaryl/α,β-unsaturated/α-hetero) is 1. The molecule has 6 nitrogen and oxygen atoms in total. The van der Waals surface area contributed by atoms with Crippen molar-refractivity contribution < 1.29 is 18.8 Å². The lowest BCUT2D eigenvalue weighted by molar-refractivity contribution is -0.127. The van der Waals surface area contributed by atoms with Gasteiger partial charge in [0.15, 0.2) is 0 Å². The van der Waals surface area contributed by atoms with E-state index in [1.54, 1.807) is 0 Å². The minimum Gasteiger partial charge on any atom is -0.380 e. The summed E-state index contributed by atoms with van der Waals surface area (Å²) in [5.74, 6) is 0.480. The second-order valence-electron chi connectivity index (χ2n) is 6.04. The van der Waals surface area contributed by atoms with Crippen molar-refractivity contribution in [1.29, 1.82) is 0 Å². The molecule has 0 aromatic carbocycles.